The van der Waals surface area contributed by atoms with Crippen molar-refractivity contribution in [3.8, 4) is 11.3 Å². The van der Waals surface area contributed by atoms with Crippen LogP contribution in [0.1, 0.15) is 15.9 Å². The molecule has 1 aliphatic rings. The van der Waals surface area contributed by atoms with Gasteiger partial charge in [0.1, 0.15) is 0 Å². The number of carbonyl (C=O) groups is 1. The van der Waals surface area contributed by atoms with Crippen LogP contribution in [0.2, 0.25) is 0 Å². The molecule has 170 valence electrons. The van der Waals surface area contributed by atoms with Crippen LogP contribution in [0.4, 0.5) is 11.4 Å². The van der Waals surface area contributed by atoms with E-state index < -0.39 is 4.92 Å². The van der Waals surface area contributed by atoms with Crippen LogP contribution in [-0.2, 0) is 0 Å². The van der Waals surface area contributed by atoms with Gasteiger partial charge in [0, 0.05) is 54.9 Å². The van der Waals surface area contributed by atoms with E-state index in [-0.39, 0.29) is 11.6 Å². The van der Waals surface area contributed by atoms with Gasteiger partial charge in [0.05, 0.1) is 21.7 Å². The number of amides is 1. The molecule has 0 N–H and O–H groups in total. The van der Waals surface area contributed by atoms with Crippen molar-refractivity contribution in [3.63, 3.8) is 0 Å². The lowest BCUT2D eigenvalue weighted by atomic mass is 9.96. The SMILES string of the molecule is Cc1c(-c2ccccc2)nc2ccccc2c1C(=O)N1CCN(c2ccc([N+](=O)[O-])cc2)CC1. The number of benzene rings is 3. The smallest absolute Gasteiger partial charge is 0.269 e. The van der Waals surface area contributed by atoms with Crippen molar-refractivity contribution < 1.29 is 9.72 Å². The van der Waals surface area contributed by atoms with Crippen LogP contribution in [0.5, 0.6) is 0 Å². The first-order chi connectivity index (χ1) is 16.5. The number of rotatable bonds is 4. The van der Waals surface area contributed by atoms with Crippen LogP contribution in [0.3, 0.4) is 0 Å². The average molecular weight is 453 g/mol. The molecule has 1 aromatic heterocycles. The van der Waals surface area contributed by atoms with Crippen LogP contribution in [-0.4, -0.2) is 46.9 Å². The van der Waals surface area contributed by atoms with Gasteiger partial charge in [-0.3, -0.25) is 14.9 Å². The monoisotopic (exact) mass is 452 g/mol. The predicted molar refractivity (Wildman–Crippen MR) is 133 cm³/mol. The highest BCUT2D eigenvalue weighted by Crippen LogP contribution is 2.31. The van der Waals surface area contributed by atoms with Gasteiger partial charge in [0.2, 0.25) is 0 Å². The molecule has 0 atom stereocenters. The first-order valence-corrected chi connectivity index (χ1v) is 11.3. The molecule has 7 nitrogen and oxygen atoms in total. The normalized spacial score (nSPS) is 13.8. The number of hydrogen-bond acceptors (Lipinski definition) is 5. The van der Waals surface area contributed by atoms with E-state index >= 15 is 0 Å². The Hall–Kier alpha value is -4.26. The van der Waals surface area contributed by atoms with Gasteiger partial charge < -0.3 is 9.80 Å². The highest BCUT2D eigenvalue weighted by Gasteiger charge is 2.26. The number of hydrogen-bond donors (Lipinski definition) is 0. The van der Waals surface area contributed by atoms with E-state index in [0.717, 1.165) is 33.4 Å². The molecule has 4 aromatic rings. The maximum absolute atomic E-state index is 13.8. The van der Waals surface area contributed by atoms with Crippen molar-refractivity contribution in [1.82, 2.24) is 9.88 Å². The molecule has 0 bridgehead atoms. The summed E-state index contributed by atoms with van der Waals surface area (Å²) in [6, 6.07) is 24.3. The number of carbonyl (C=O) groups excluding carboxylic acids is 1. The minimum absolute atomic E-state index is 0.0108. The number of nitrogens with zero attached hydrogens (tertiary/aromatic N) is 4. The minimum atomic E-state index is -0.397. The highest BCUT2D eigenvalue weighted by molar-refractivity contribution is 6.09. The number of pyridine rings is 1. The number of aromatic nitrogens is 1. The quantitative estimate of drug-likeness (QED) is 0.319. The van der Waals surface area contributed by atoms with Gasteiger partial charge in [-0.15, -0.1) is 0 Å². The van der Waals surface area contributed by atoms with E-state index in [1.54, 1.807) is 12.1 Å². The summed E-state index contributed by atoms with van der Waals surface area (Å²) in [5.41, 5.74) is 5.21. The number of anilines is 1. The van der Waals surface area contributed by atoms with Gasteiger partial charge >= 0.3 is 0 Å². The Bertz CT molecular complexity index is 1360. The van der Waals surface area contributed by atoms with Crippen molar-refractivity contribution in [1.29, 1.82) is 0 Å². The summed E-state index contributed by atoms with van der Waals surface area (Å²) < 4.78 is 0. The number of fused-ring (bicyclic) bond motifs is 1. The maximum atomic E-state index is 13.8. The summed E-state index contributed by atoms with van der Waals surface area (Å²) >= 11 is 0. The number of nitro benzene ring substituents is 1. The molecule has 2 heterocycles. The van der Waals surface area contributed by atoms with Gasteiger partial charge in [-0.25, -0.2) is 4.98 Å². The lowest BCUT2D eigenvalue weighted by molar-refractivity contribution is -0.384. The molecule has 34 heavy (non-hydrogen) atoms. The first-order valence-electron chi connectivity index (χ1n) is 11.3. The van der Waals surface area contributed by atoms with E-state index in [1.165, 1.54) is 12.1 Å². The largest absolute Gasteiger partial charge is 0.368 e. The summed E-state index contributed by atoms with van der Waals surface area (Å²) in [7, 11) is 0. The third-order valence-electron chi connectivity index (χ3n) is 6.39. The zero-order chi connectivity index (χ0) is 23.7. The summed E-state index contributed by atoms with van der Waals surface area (Å²) in [5.74, 6) is 0.0108. The number of non-ortho nitro benzene ring substituents is 1. The second-order valence-corrected chi connectivity index (χ2v) is 8.40. The third kappa shape index (κ3) is 3.96. The molecule has 5 rings (SSSR count). The molecule has 0 unspecified atom stereocenters. The van der Waals surface area contributed by atoms with Gasteiger partial charge in [-0.1, -0.05) is 48.5 Å². The standard InChI is InChI=1S/C27H24N4O3/c1-19-25(23-9-5-6-10-24(23)28-26(19)20-7-3-2-4-8-20)27(32)30-17-15-29(16-18-30)21-11-13-22(14-12-21)31(33)34/h2-14H,15-18H2,1H3. The minimum Gasteiger partial charge on any atom is -0.368 e. The number of piperazine rings is 1. The van der Waals surface area contributed by atoms with Crippen molar-refractivity contribution in [2.75, 3.05) is 31.1 Å². The van der Waals surface area contributed by atoms with Gasteiger partial charge in [0.15, 0.2) is 0 Å². The van der Waals surface area contributed by atoms with E-state index in [0.29, 0.717) is 31.7 Å². The number of nitro groups is 1. The molecule has 1 amide bonds. The Labute approximate surface area is 197 Å². The molecular formula is C27H24N4O3. The van der Waals surface area contributed by atoms with Crippen molar-refractivity contribution in [2.24, 2.45) is 0 Å². The predicted octanol–water partition coefficient (Wildman–Crippen LogP) is 5.08. The zero-order valence-electron chi connectivity index (χ0n) is 18.8. The Morgan fingerprint density at radius 2 is 1.53 bits per heavy atom. The first kappa shape index (κ1) is 21.6. The molecule has 0 saturated carbocycles. The third-order valence-corrected chi connectivity index (χ3v) is 6.39. The molecule has 1 saturated heterocycles. The molecular weight excluding hydrogens is 428 g/mol. The van der Waals surface area contributed by atoms with Crippen LogP contribution in [0.25, 0.3) is 22.2 Å². The highest BCUT2D eigenvalue weighted by atomic mass is 16.6. The second kappa shape index (κ2) is 8.94. The molecule has 7 heteroatoms. The van der Waals surface area contributed by atoms with E-state index in [4.69, 9.17) is 4.98 Å². The molecule has 1 fully saturated rings. The Balaban J connectivity index is 1.43. The second-order valence-electron chi connectivity index (χ2n) is 8.40. The lowest BCUT2D eigenvalue weighted by Crippen LogP contribution is -2.49. The van der Waals surface area contributed by atoms with Gasteiger partial charge in [0.25, 0.3) is 11.6 Å². The fourth-order valence-corrected chi connectivity index (χ4v) is 4.57. The molecule has 1 aliphatic heterocycles. The fraction of sp³-hybridized carbons (Fsp3) is 0.185. The van der Waals surface area contributed by atoms with Crippen LogP contribution in [0, 0.1) is 17.0 Å². The molecule has 0 radical (unpaired) electrons. The average Bonchev–Trinajstić information content (AvgIpc) is 2.88. The Kier molecular flexibility index (Phi) is 5.67. The summed E-state index contributed by atoms with van der Waals surface area (Å²) in [6.45, 7) is 4.45. The topological polar surface area (TPSA) is 79.6 Å². The van der Waals surface area contributed by atoms with Gasteiger partial charge in [-0.05, 0) is 30.7 Å². The van der Waals surface area contributed by atoms with E-state index in [2.05, 4.69) is 4.90 Å². The van der Waals surface area contributed by atoms with Crippen LogP contribution < -0.4 is 4.90 Å². The van der Waals surface area contributed by atoms with E-state index in [9.17, 15) is 14.9 Å². The maximum Gasteiger partial charge on any atom is 0.269 e. The summed E-state index contributed by atoms with van der Waals surface area (Å²) in [4.78, 5) is 33.2. The van der Waals surface area contributed by atoms with Gasteiger partial charge in [-0.2, -0.15) is 0 Å². The number of para-hydroxylation sites is 1. The Morgan fingerprint density at radius 1 is 0.882 bits per heavy atom. The van der Waals surface area contributed by atoms with Crippen LogP contribution >= 0.6 is 0 Å². The summed E-state index contributed by atoms with van der Waals surface area (Å²) in [5, 5.41) is 11.8. The molecule has 0 spiro atoms. The van der Waals surface area contributed by atoms with E-state index in [1.807, 2.05) is 66.4 Å². The fourth-order valence-electron chi connectivity index (χ4n) is 4.57. The molecule has 0 aliphatic carbocycles. The lowest BCUT2D eigenvalue weighted by Gasteiger charge is -2.36. The molecule has 3 aromatic carbocycles. The van der Waals surface area contributed by atoms with Crippen molar-refractivity contribution >= 4 is 28.2 Å². The van der Waals surface area contributed by atoms with Crippen LogP contribution in [0.15, 0.2) is 78.9 Å². The van der Waals surface area contributed by atoms with Crippen molar-refractivity contribution in [3.05, 3.63) is 100 Å². The zero-order valence-corrected chi connectivity index (χ0v) is 18.8. The Morgan fingerprint density at radius 3 is 2.21 bits per heavy atom. The summed E-state index contributed by atoms with van der Waals surface area (Å²) in [6.07, 6.45) is 0. The van der Waals surface area contributed by atoms with Crippen molar-refractivity contribution in [2.45, 2.75) is 6.92 Å².